The van der Waals surface area contributed by atoms with Crippen LogP contribution in [0.3, 0.4) is 0 Å². The fourth-order valence-electron chi connectivity index (χ4n) is 3.54. The van der Waals surface area contributed by atoms with Gasteiger partial charge in [0.05, 0.1) is 0 Å². The van der Waals surface area contributed by atoms with Crippen molar-refractivity contribution in [2.24, 2.45) is 0 Å². The molecular weight excluding hydrogens is 264 g/mol. The smallest absolute Gasteiger partial charge is 0.00134 e. The SMILES string of the molecule is Cc1cc2c(cc1CCc1ccccc1)Cc1ccccc1-2. The first-order valence-electron chi connectivity index (χ1n) is 8.06. The molecule has 0 heteroatoms. The molecule has 0 N–H and O–H groups in total. The normalized spacial score (nSPS) is 12.0. The molecule has 0 saturated carbocycles. The summed E-state index contributed by atoms with van der Waals surface area (Å²) < 4.78 is 0. The third-order valence-electron chi connectivity index (χ3n) is 4.78. The van der Waals surface area contributed by atoms with Crippen LogP contribution in [0.4, 0.5) is 0 Å². The predicted octanol–water partition coefficient (Wildman–Crippen LogP) is 5.35. The molecule has 0 spiro atoms. The van der Waals surface area contributed by atoms with Crippen molar-refractivity contribution in [1.29, 1.82) is 0 Å². The fraction of sp³-hybridized carbons (Fsp3) is 0.182. The van der Waals surface area contributed by atoms with Crippen LogP contribution in [-0.4, -0.2) is 0 Å². The van der Waals surface area contributed by atoms with E-state index in [1.165, 1.54) is 38.9 Å². The largest absolute Gasteiger partial charge is 0.0622 e. The van der Waals surface area contributed by atoms with E-state index in [0.717, 1.165) is 19.3 Å². The van der Waals surface area contributed by atoms with Crippen molar-refractivity contribution in [1.82, 2.24) is 0 Å². The molecule has 4 rings (SSSR count). The summed E-state index contributed by atoms with van der Waals surface area (Å²) in [6, 6.07) is 24.4. The van der Waals surface area contributed by atoms with Gasteiger partial charge in [-0.1, -0.05) is 66.7 Å². The molecule has 0 aliphatic heterocycles. The topological polar surface area (TPSA) is 0 Å². The van der Waals surface area contributed by atoms with Gasteiger partial charge in [0.2, 0.25) is 0 Å². The quantitative estimate of drug-likeness (QED) is 0.475. The Morgan fingerprint density at radius 2 is 1.50 bits per heavy atom. The molecule has 0 atom stereocenters. The van der Waals surface area contributed by atoms with Crippen LogP contribution < -0.4 is 0 Å². The van der Waals surface area contributed by atoms with Crippen LogP contribution in [0.2, 0.25) is 0 Å². The van der Waals surface area contributed by atoms with Crippen molar-refractivity contribution in [3.05, 3.63) is 94.5 Å². The summed E-state index contributed by atoms with van der Waals surface area (Å²) in [5.74, 6) is 0. The number of hydrogen-bond donors (Lipinski definition) is 0. The van der Waals surface area contributed by atoms with Crippen LogP contribution in [-0.2, 0) is 19.3 Å². The minimum absolute atomic E-state index is 1.09. The number of hydrogen-bond acceptors (Lipinski definition) is 0. The van der Waals surface area contributed by atoms with E-state index in [4.69, 9.17) is 0 Å². The fourth-order valence-corrected chi connectivity index (χ4v) is 3.54. The van der Waals surface area contributed by atoms with Crippen molar-refractivity contribution in [3.63, 3.8) is 0 Å². The lowest BCUT2D eigenvalue weighted by atomic mass is 9.95. The van der Waals surface area contributed by atoms with E-state index in [2.05, 4.69) is 73.7 Å². The molecule has 3 aromatic carbocycles. The molecular formula is C22H20. The standard InChI is InChI=1S/C22H20/c1-16-13-22-20(15-19-9-5-6-10-21(19)22)14-18(16)12-11-17-7-3-2-4-8-17/h2-10,13-14H,11-12,15H2,1H3. The first-order valence-corrected chi connectivity index (χ1v) is 8.06. The van der Waals surface area contributed by atoms with Crippen molar-refractivity contribution in [3.8, 4) is 11.1 Å². The highest BCUT2D eigenvalue weighted by Crippen LogP contribution is 2.38. The lowest BCUT2D eigenvalue weighted by Crippen LogP contribution is -1.96. The van der Waals surface area contributed by atoms with Gasteiger partial charge >= 0.3 is 0 Å². The third-order valence-corrected chi connectivity index (χ3v) is 4.78. The summed E-state index contributed by atoms with van der Waals surface area (Å²) in [6.45, 7) is 2.25. The molecule has 0 heterocycles. The van der Waals surface area contributed by atoms with Gasteiger partial charge in [-0.15, -0.1) is 0 Å². The number of benzene rings is 3. The lowest BCUT2D eigenvalue weighted by Gasteiger charge is -2.10. The van der Waals surface area contributed by atoms with Crippen LogP contribution in [0.1, 0.15) is 27.8 Å². The first kappa shape index (κ1) is 13.3. The van der Waals surface area contributed by atoms with Gasteiger partial charge in [-0.3, -0.25) is 0 Å². The molecule has 0 unspecified atom stereocenters. The predicted molar refractivity (Wildman–Crippen MR) is 93.3 cm³/mol. The zero-order valence-electron chi connectivity index (χ0n) is 13.0. The molecule has 0 amide bonds. The molecule has 0 bridgehead atoms. The van der Waals surface area contributed by atoms with Crippen LogP contribution in [0.5, 0.6) is 0 Å². The van der Waals surface area contributed by atoms with Gasteiger partial charge in [0.1, 0.15) is 0 Å². The van der Waals surface area contributed by atoms with E-state index in [9.17, 15) is 0 Å². The zero-order valence-corrected chi connectivity index (χ0v) is 13.0. The minimum atomic E-state index is 1.09. The van der Waals surface area contributed by atoms with E-state index < -0.39 is 0 Å². The average molecular weight is 284 g/mol. The Morgan fingerprint density at radius 1 is 0.727 bits per heavy atom. The summed E-state index contributed by atoms with van der Waals surface area (Å²) in [5.41, 5.74) is 10.2. The Labute approximate surface area is 132 Å². The highest BCUT2D eigenvalue weighted by Gasteiger charge is 2.19. The van der Waals surface area contributed by atoms with E-state index in [1.807, 2.05) is 0 Å². The zero-order chi connectivity index (χ0) is 14.9. The second-order valence-corrected chi connectivity index (χ2v) is 6.26. The minimum Gasteiger partial charge on any atom is -0.0622 e. The van der Waals surface area contributed by atoms with E-state index in [-0.39, 0.29) is 0 Å². The molecule has 0 aromatic heterocycles. The second kappa shape index (κ2) is 5.46. The number of aryl methyl sites for hydroxylation is 3. The first-order chi connectivity index (χ1) is 10.8. The number of rotatable bonds is 3. The summed E-state index contributed by atoms with van der Waals surface area (Å²) in [5, 5.41) is 0. The molecule has 0 fully saturated rings. The maximum atomic E-state index is 2.44. The Bertz CT molecular complexity index is 813. The number of fused-ring (bicyclic) bond motifs is 3. The average Bonchev–Trinajstić information content (AvgIpc) is 2.91. The van der Waals surface area contributed by atoms with Crippen LogP contribution in [0.25, 0.3) is 11.1 Å². The summed E-state index contributed by atoms with van der Waals surface area (Å²) >= 11 is 0. The van der Waals surface area contributed by atoms with Crippen LogP contribution in [0, 0.1) is 6.92 Å². The lowest BCUT2D eigenvalue weighted by molar-refractivity contribution is 0.946. The molecule has 0 saturated heterocycles. The van der Waals surface area contributed by atoms with Gasteiger partial charge < -0.3 is 0 Å². The Morgan fingerprint density at radius 3 is 2.36 bits per heavy atom. The molecule has 22 heavy (non-hydrogen) atoms. The van der Waals surface area contributed by atoms with Gasteiger partial charge in [0.25, 0.3) is 0 Å². The monoisotopic (exact) mass is 284 g/mol. The van der Waals surface area contributed by atoms with Crippen LogP contribution in [0.15, 0.2) is 66.7 Å². The molecule has 3 aromatic rings. The van der Waals surface area contributed by atoms with E-state index in [1.54, 1.807) is 0 Å². The summed E-state index contributed by atoms with van der Waals surface area (Å²) in [6.07, 6.45) is 3.33. The highest BCUT2D eigenvalue weighted by molar-refractivity contribution is 5.77. The van der Waals surface area contributed by atoms with E-state index >= 15 is 0 Å². The van der Waals surface area contributed by atoms with Gasteiger partial charge in [-0.05, 0) is 65.1 Å². The highest BCUT2D eigenvalue weighted by atomic mass is 14.2. The Kier molecular flexibility index (Phi) is 3.31. The summed E-state index contributed by atoms with van der Waals surface area (Å²) in [7, 11) is 0. The Balaban J connectivity index is 1.62. The van der Waals surface area contributed by atoms with Crippen molar-refractivity contribution in [2.45, 2.75) is 26.2 Å². The van der Waals surface area contributed by atoms with E-state index in [0.29, 0.717) is 0 Å². The van der Waals surface area contributed by atoms with Gasteiger partial charge in [0.15, 0.2) is 0 Å². The van der Waals surface area contributed by atoms with Gasteiger partial charge in [0, 0.05) is 0 Å². The maximum Gasteiger partial charge on any atom is -0.00134 e. The third kappa shape index (κ3) is 2.35. The van der Waals surface area contributed by atoms with Crippen LogP contribution >= 0.6 is 0 Å². The van der Waals surface area contributed by atoms with Crippen molar-refractivity contribution >= 4 is 0 Å². The molecule has 0 radical (unpaired) electrons. The van der Waals surface area contributed by atoms with Crippen molar-refractivity contribution in [2.75, 3.05) is 0 Å². The summed E-state index contributed by atoms with van der Waals surface area (Å²) in [4.78, 5) is 0. The second-order valence-electron chi connectivity index (χ2n) is 6.26. The van der Waals surface area contributed by atoms with Crippen molar-refractivity contribution < 1.29 is 0 Å². The Hall–Kier alpha value is -2.34. The molecule has 1 aliphatic rings. The maximum absolute atomic E-state index is 2.44. The molecule has 0 nitrogen and oxygen atoms in total. The van der Waals surface area contributed by atoms with Gasteiger partial charge in [-0.25, -0.2) is 0 Å². The van der Waals surface area contributed by atoms with Gasteiger partial charge in [-0.2, -0.15) is 0 Å². The molecule has 1 aliphatic carbocycles. The molecule has 108 valence electrons.